The van der Waals surface area contributed by atoms with E-state index in [1.807, 2.05) is 25.7 Å². The van der Waals surface area contributed by atoms with Gasteiger partial charge in [-0.05, 0) is 32.4 Å². The van der Waals surface area contributed by atoms with Crippen LogP contribution in [0.3, 0.4) is 0 Å². The third kappa shape index (κ3) is 5.48. The summed E-state index contributed by atoms with van der Waals surface area (Å²) in [7, 11) is 0. The predicted molar refractivity (Wildman–Crippen MR) is 98.6 cm³/mol. The zero-order valence-electron chi connectivity index (χ0n) is 15.0. The molecule has 0 atom stereocenters. The standard InChI is InChI=1S/C17H22F3N5S/c1-4-21-14-22-15(25(5-2)6-3)24-16(23-14)26-11-12-8-7-9-13(10-12)17(18,19)20/h7-10H,4-6,11H2,1-3H3,(H,21,22,23,24). The van der Waals surface area contributed by atoms with Crippen LogP contribution < -0.4 is 10.2 Å². The number of nitrogens with one attached hydrogen (secondary N) is 1. The molecule has 9 heteroatoms. The molecule has 142 valence electrons. The van der Waals surface area contributed by atoms with E-state index in [-0.39, 0.29) is 0 Å². The highest BCUT2D eigenvalue weighted by Gasteiger charge is 2.30. The number of thioether (sulfide) groups is 1. The van der Waals surface area contributed by atoms with Gasteiger partial charge in [0.15, 0.2) is 5.16 Å². The molecule has 2 rings (SSSR count). The summed E-state index contributed by atoms with van der Waals surface area (Å²) in [5.41, 5.74) is -0.0805. The van der Waals surface area contributed by atoms with Gasteiger partial charge in [-0.3, -0.25) is 0 Å². The van der Waals surface area contributed by atoms with Crippen molar-refractivity contribution in [2.24, 2.45) is 0 Å². The fourth-order valence-corrected chi connectivity index (χ4v) is 3.05. The Morgan fingerprint density at radius 1 is 1.08 bits per heavy atom. The van der Waals surface area contributed by atoms with Crippen molar-refractivity contribution in [3.05, 3.63) is 35.4 Å². The largest absolute Gasteiger partial charge is 0.416 e. The maximum Gasteiger partial charge on any atom is 0.416 e. The third-order valence-corrected chi connectivity index (χ3v) is 4.52. The van der Waals surface area contributed by atoms with E-state index in [9.17, 15) is 13.2 Å². The molecule has 0 radical (unpaired) electrons. The van der Waals surface area contributed by atoms with Gasteiger partial charge in [-0.1, -0.05) is 30.0 Å². The topological polar surface area (TPSA) is 53.9 Å². The molecule has 1 N–H and O–H groups in total. The van der Waals surface area contributed by atoms with Crippen molar-refractivity contribution < 1.29 is 13.2 Å². The number of halogens is 3. The fourth-order valence-electron chi connectivity index (χ4n) is 2.28. The van der Waals surface area contributed by atoms with Gasteiger partial charge in [-0.25, -0.2) is 0 Å². The van der Waals surface area contributed by atoms with Crippen molar-refractivity contribution in [3.8, 4) is 0 Å². The molecule has 0 fully saturated rings. The molecule has 1 heterocycles. The van der Waals surface area contributed by atoms with Gasteiger partial charge < -0.3 is 10.2 Å². The van der Waals surface area contributed by atoms with Gasteiger partial charge in [-0.15, -0.1) is 0 Å². The van der Waals surface area contributed by atoms with Gasteiger partial charge >= 0.3 is 6.18 Å². The van der Waals surface area contributed by atoms with Gasteiger partial charge in [0.2, 0.25) is 11.9 Å². The van der Waals surface area contributed by atoms with E-state index in [1.54, 1.807) is 6.07 Å². The molecule has 0 aliphatic carbocycles. The second kappa shape index (κ2) is 9.07. The minimum atomic E-state index is -4.35. The second-order valence-corrected chi connectivity index (χ2v) is 6.37. The summed E-state index contributed by atoms with van der Waals surface area (Å²) in [5.74, 6) is 1.38. The Morgan fingerprint density at radius 2 is 1.81 bits per heavy atom. The summed E-state index contributed by atoms with van der Waals surface area (Å²) in [5, 5.41) is 3.55. The molecule has 5 nitrogen and oxygen atoms in total. The van der Waals surface area contributed by atoms with Crippen LogP contribution in [0.25, 0.3) is 0 Å². The van der Waals surface area contributed by atoms with Crippen molar-refractivity contribution in [1.29, 1.82) is 0 Å². The molecule has 0 spiro atoms. The van der Waals surface area contributed by atoms with Crippen LogP contribution in [-0.2, 0) is 11.9 Å². The number of benzene rings is 1. The molecule has 0 unspecified atom stereocenters. The van der Waals surface area contributed by atoms with Crippen molar-refractivity contribution in [1.82, 2.24) is 15.0 Å². The minimum absolute atomic E-state index is 0.344. The number of hydrogen-bond acceptors (Lipinski definition) is 6. The lowest BCUT2D eigenvalue weighted by atomic mass is 10.1. The molecular formula is C17H22F3N5S. The van der Waals surface area contributed by atoms with Gasteiger partial charge in [-0.2, -0.15) is 28.1 Å². The zero-order chi connectivity index (χ0) is 19.2. The van der Waals surface area contributed by atoms with E-state index in [0.717, 1.165) is 25.2 Å². The van der Waals surface area contributed by atoms with Crippen molar-refractivity contribution >= 4 is 23.7 Å². The third-order valence-electron chi connectivity index (χ3n) is 3.61. The predicted octanol–water partition coefficient (Wildman–Crippen LogP) is 4.46. The summed E-state index contributed by atoms with van der Waals surface area (Å²) in [6, 6.07) is 5.31. The summed E-state index contributed by atoms with van der Waals surface area (Å²) < 4.78 is 38.5. The van der Waals surface area contributed by atoms with Crippen molar-refractivity contribution in [2.45, 2.75) is 37.9 Å². The van der Waals surface area contributed by atoms with Crippen LogP contribution in [0.5, 0.6) is 0 Å². The Kier molecular flexibility index (Phi) is 7.07. The first kappa shape index (κ1) is 20.3. The number of anilines is 2. The van der Waals surface area contributed by atoms with Gasteiger partial charge in [0.1, 0.15) is 0 Å². The van der Waals surface area contributed by atoms with Crippen molar-refractivity contribution in [2.75, 3.05) is 29.9 Å². The molecule has 1 aromatic heterocycles. The Balaban J connectivity index is 2.20. The Bertz CT molecular complexity index is 720. The maximum absolute atomic E-state index is 12.8. The normalized spacial score (nSPS) is 11.5. The minimum Gasteiger partial charge on any atom is -0.354 e. The smallest absolute Gasteiger partial charge is 0.354 e. The van der Waals surface area contributed by atoms with E-state index in [0.29, 0.717) is 34.9 Å². The first-order valence-corrected chi connectivity index (χ1v) is 9.39. The lowest BCUT2D eigenvalue weighted by molar-refractivity contribution is -0.137. The molecule has 26 heavy (non-hydrogen) atoms. The highest BCUT2D eigenvalue weighted by molar-refractivity contribution is 7.98. The number of nitrogens with zero attached hydrogens (tertiary/aromatic N) is 4. The quantitative estimate of drug-likeness (QED) is 0.677. The number of alkyl halides is 3. The Hall–Kier alpha value is -2.03. The van der Waals surface area contributed by atoms with E-state index >= 15 is 0 Å². The van der Waals surface area contributed by atoms with E-state index in [1.165, 1.54) is 17.8 Å². The second-order valence-electron chi connectivity index (χ2n) is 5.43. The van der Waals surface area contributed by atoms with E-state index in [4.69, 9.17) is 0 Å². The summed E-state index contributed by atoms with van der Waals surface area (Å²) >= 11 is 1.29. The summed E-state index contributed by atoms with van der Waals surface area (Å²) in [6.45, 7) is 8.13. The monoisotopic (exact) mass is 385 g/mol. The lowest BCUT2D eigenvalue weighted by Gasteiger charge is -2.19. The molecule has 0 aliphatic heterocycles. The van der Waals surface area contributed by atoms with E-state index in [2.05, 4.69) is 20.3 Å². The van der Waals surface area contributed by atoms with E-state index < -0.39 is 11.7 Å². The van der Waals surface area contributed by atoms with Gasteiger partial charge in [0.05, 0.1) is 5.56 Å². The molecule has 0 aliphatic rings. The van der Waals surface area contributed by atoms with Crippen LogP contribution in [0.2, 0.25) is 0 Å². The lowest BCUT2D eigenvalue weighted by Crippen LogP contribution is -2.25. The molecule has 0 saturated carbocycles. The number of hydrogen-bond donors (Lipinski definition) is 1. The Labute approximate surface area is 155 Å². The van der Waals surface area contributed by atoms with Gasteiger partial charge in [0.25, 0.3) is 0 Å². The average Bonchev–Trinajstić information content (AvgIpc) is 2.61. The molecule has 0 amide bonds. The highest BCUT2D eigenvalue weighted by Crippen LogP contribution is 2.31. The maximum atomic E-state index is 12.8. The summed E-state index contributed by atoms with van der Waals surface area (Å²) in [6.07, 6.45) is -4.35. The van der Waals surface area contributed by atoms with Crippen molar-refractivity contribution in [3.63, 3.8) is 0 Å². The molecule has 0 bridgehead atoms. The number of aromatic nitrogens is 3. The van der Waals surface area contributed by atoms with Crippen LogP contribution in [0.4, 0.5) is 25.1 Å². The van der Waals surface area contributed by atoms with Crippen LogP contribution >= 0.6 is 11.8 Å². The zero-order valence-corrected chi connectivity index (χ0v) is 15.8. The molecular weight excluding hydrogens is 363 g/mol. The Morgan fingerprint density at radius 3 is 2.42 bits per heavy atom. The molecule has 2 aromatic rings. The average molecular weight is 385 g/mol. The van der Waals surface area contributed by atoms with Crippen LogP contribution in [0.1, 0.15) is 31.9 Å². The fraction of sp³-hybridized carbons (Fsp3) is 0.471. The SMILES string of the molecule is CCNc1nc(SCc2cccc(C(F)(F)F)c2)nc(N(CC)CC)n1. The first-order chi connectivity index (χ1) is 12.4. The highest BCUT2D eigenvalue weighted by atomic mass is 32.2. The number of rotatable bonds is 8. The molecule has 0 saturated heterocycles. The van der Waals surface area contributed by atoms with Crippen LogP contribution in [0.15, 0.2) is 29.4 Å². The summed E-state index contributed by atoms with van der Waals surface area (Å²) in [4.78, 5) is 15.2. The van der Waals surface area contributed by atoms with Crippen LogP contribution in [0, 0.1) is 0 Å². The van der Waals surface area contributed by atoms with Gasteiger partial charge in [0, 0.05) is 25.4 Å². The van der Waals surface area contributed by atoms with Crippen LogP contribution in [-0.4, -0.2) is 34.6 Å². The first-order valence-electron chi connectivity index (χ1n) is 8.41. The molecule has 1 aromatic carbocycles.